The Morgan fingerprint density at radius 1 is 0.957 bits per heavy atom. The molecule has 0 aliphatic rings. The van der Waals surface area contributed by atoms with Crippen molar-refractivity contribution in [1.82, 2.24) is 19.9 Å². The van der Waals surface area contributed by atoms with E-state index in [2.05, 4.69) is 25.3 Å². The van der Waals surface area contributed by atoms with Crippen LogP contribution in [0.15, 0.2) is 61.1 Å². The zero-order valence-electron chi connectivity index (χ0n) is 12.2. The molecule has 6 heteroatoms. The number of hydrogen-bond acceptors (Lipinski definition) is 5. The van der Waals surface area contributed by atoms with E-state index in [4.69, 9.17) is 5.73 Å². The van der Waals surface area contributed by atoms with Crippen molar-refractivity contribution in [2.45, 2.75) is 0 Å². The summed E-state index contributed by atoms with van der Waals surface area (Å²) in [5, 5.41) is 4.21. The number of pyridine rings is 1. The van der Waals surface area contributed by atoms with Crippen LogP contribution in [0.1, 0.15) is 0 Å². The number of fused-ring (bicyclic) bond motifs is 1. The van der Waals surface area contributed by atoms with Crippen LogP contribution in [0.5, 0.6) is 0 Å². The fourth-order valence-electron chi connectivity index (χ4n) is 2.43. The van der Waals surface area contributed by atoms with Crippen LogP contribution in [0, 0.1) is 0 Å². The predicted molar refractivity (Wildman–Crippen MR) is 91.3 cm³/mol. The first kappa shape index (κ1) is 13.3. The van der Waals surface area contributed by atoms with Gasteiger partial charge in [-0.2, -0.15) is 0 Å². The Hall–Kier alpha value is -3.41. The molecule has 0 bridgehead atoms. The molecule has 0 spiro atoms. The molecule has 0 aliphatic heterocycles. The second-order valence-electron chi connectivity index (χ2n) is 5.11. The third-order valence-corrected chi connectivity index (χ3v) is 3.55. The molecule has 0 amide bonds. The van der Waals surface area contributed by atoms with Crippen LogP contribution >= 0.6 is 0 Å². The smallest absolute Gasteiger partial charge is 0.227 e. The Kier molecular flexibility index (Phi) is 3.12. The van der Waals surface area contributed by atoms with Crippen molar-refractivity contribution in [3.05, 3.63) is 61.1 Å². The standard InChI is InChI=1S/C17H14N6/c18-11-3-5-12(6-4-11)22-17-20-9-7-15(23-17)14-10-21-16-13(14)2-1-8-19-16/h1-10H,18H2,(H,19,21)(H,20,22,23). The Balaban J connectivity index is 1.70. The van der Waals surface area contributed by atoms with Crippen LogP contribution in [0.4, 0.5) is 17.3 Å². The monoisotopic (exact) mass is 302 g/mol. The maximum Gasteiger partial charge on any atom is 0.227 e. The van der Waals surface area contributed by atoms with E-state index in [-0.39, 0.29) is 0 Å². The summed E-state index contributed by atoms with van der Waals surface area (Å²) in [4.78, 5) is 16.3. The van der Waals surface area contributed by atoms with E-state index < -0.39 is 0 Å². The molecule has 0 fully saturated rings. The predicted octanol–water partition coefficient (Wildman–Crippen LogP) is 3.35. The summed E-state index contributed by atoms with van der Waals surface area (Å²) < 4.78 is 0. The molecule has 112 valence electrons. The van der Waals surface area contributed by atoms with Gasteiger partial charge in [0, 0.05) is 40.9 Å². The number of nitrogens with zero attached hydrogens (tertiary/aromatic N) is 3. The highest BCUT2D eigenvalue weighted by atomic mass is 15.1. The Morgan fingerprint density at radius 3 is 2.70 bits per heavy atom. The zero-order valence-corrected chi connectivity index (χ0v) is 12.2. The van der Waals surface area contributed by atoms with Crippen molar-refractivity contribution < 1.29 is 0 Å². The fourth-order valence-corrected chi connectivity index (χ4v) is 2.43. The largest absolute Gasteiger partial charge is 0.399 e. The molecule has 0 unspecified atom stereocenters. The molecule has 1 aromatic carbocycles. The Labute approximate surface area is 132 Å². The number of nitrogens with two attached hydrogens (primary N) is 1. The maximum atomic E-state index is 5.69. The van der Waals surface area contributed by atoms with E-state index in [1.54, 1.807) is 12.4 Å². The van der Waals surface area contributed by atoms with Crippen molar-refractivity contribution in [3.8, 4) is 11.3 Å². The number of anilines is 3. The quantitative estimate of drug-likeness (QED) is 0.505. The van der Waals surface area contributed by atoms with Gasteiger partial charge in [-0.1, -0.05) is 0 Å². The van der Waals surface area contributed by atoms with Gasteiger partial charge in [0.15, 0.2) is 0 Å². The fraction of sp³-hybridized carbons (Fsp3) is 0. The lowest BCUT2D eigenvalue weighted by atomic mass is 10.1. The summed E-state index contributed by atoms with van der Waals surface area (Å²) in [5.41, 5.74) is 9.97. The minimum absolute atomic E-state index is 0.533. The van der Waals surface area contributed by atoms with E-state index in [1.165, 1.54) is 0 Å². The van der Waals surface area contributed by atoms with Crippen molar-refractivity contribution in [3.63, 3.8) is 0 Å². The van der Waals surface area contributed by atoms with Crippen molar-refractivity contribution in [2.24, 2.45) is 0 Å². The highest BCUT2D eigenvalue weighted by molar-refractivity contribution is 5.92. The lowest BCUT2D eigenvalue weighted by Crippen LogP contribution is -1.98. The molecule has 4 aromatic rings. The molecule has 3 heterocycles. The van der Waals surface area contributed by atoms with E-state index in [9.17, 15) is 0 Å². The van der Waals surface area contributed by atoms with Crippen molar-refractivity contribution in [1.29, 1.82) is 0 Å². The summed E-state index contributed by atoms with van der Waals surface area (Å²) in [6.45, 7) is 0. The lowest BCUT2D eigenvalue weighted by Gasteiger charge is -2.06. The molecule has 0 aliphatic carbocycles. The van der Waals surface area contributed by atoms with Crippen LogP contribution in [0.25, 0.3) is 22.3 Å². The molecule has 4 N–H and O–H groups in total. The van der Waals surface area contributed by atoms with E-state index >= 15 is 0 Å². The molecule has 4 rings (SSSR count). The van der Waals surface area contributed by atoms with Gasteiger partial charge < -0.3 is 16.0 Å². The second-order valence-corrected chi connectivity index (χ2v) is 5.11. The topological polar surface area (TPSA) is 92.5 Å². The van der Waals surface area contributed by atoms with Gasteiger partial charge in [-0.05, 0) is 42.5 Å². The molecule has 23 heavy (non-hydrogen) atoms. The van der Waals surface area contributed by atoms with Gasteiger partial charge in [0.05, 0.1) is 5.69 Å². The summed E-state index contributed by atoms with van der Waals surface area (Å²) >= 11 is 0. The van der Waals surface area contributed by atoms with E-state index in [0.29, 0.717) is 5.95 Å². The number of rotatable bonds is 3. The summed E-state index contributed by atoms with van der Waals surface area (Å²) in [6.07, 6.45) is 5.40. The average molecular weight is 302 g/mol. The van der Waals surface area contributed by atoms with Crippen LogP contribution in [-0.2, 0) is 0 Å². The van der Waals surface area contributed by atoms with Gasteiger partial charge >= 0.3 is 0 Å². The number of nitrogens with one attached hydrogen (secondary N) is 2. The summed E-state index contributed by atoms with van der Waals surface area (Å²) in [7, 11) is 0. The highest BCUT2D eigenvalue weighted by Crippen LogP contribution is 2.26. The SMILES string of the molecule is Nc1ccc(Nc2nccc(-c3c[nH]c4ncccc34)n2)cc1. The van der Waals surface area contributed by atoms with Gasteiger partial charge in [0.25, 0.3) is 0 Å². The van der Waals surface area contributed by atoms with Crippen molar-refractivity contribution in [2.75, 3.05) is 11.1 Å². The molecular formula is C17H14N6. The summed E-state index contributed by atoms with van der Waals surface area (Å²) in [5.74, 6) is 0.533. The molecule has 0 atom stereocenters. The number of hydrogen-bond donors (Lipinski definition) is 3. The molecule has 0 saturated heterocycles. The van der Waals surface area contributed by atoms with Gasteiger partial charge in [0.2, 0.25) is 5.95 Å². The first-order chi connectivity index (χ1) is 11.3. The number of H-pyrrole nitrogens is 1. The Bertz CT molecular complexity index is 958. The van der Waals surface area contributed by atoms with Gasteiger partial charge in [0.1, 0.15) is 5.65 Å². The summed E-state index contributed by atoms with van der Waals surface area (Å²) in [6, 6.07) is 13.2. The number of benzene rings is 1. The number of nitrogen functional groups attached to an aromatic ring is 1. The van der Waals surface area contributed by atoms with Crippen LogP contribution in [0.2, 0.25) is 0 Å². The molecular weight excluding hydrogens is 288 g/mol. The first-order valence-corrected chi connectivity index (χ1v) is 7.18. The molecule has 6 nitrogen and oxygen atoms in total. The first-order valence-electron chi connectivity index (χ1n) is 7.18. The van der Waals surface area contributed by atoms with E-state index in [1.807, 2.05) is 48.7 Å². The molecule has 0 saturated carbocycles. The van der Waals surface area contributed by atoms with Crippen LogP contribution in [-0.4, -0.2) is 19.9 Å². The number of aromatic amines is 1. The maximum absolute atomic E-state index is 5.69. The van der Waals surface area contributed by atoms with Gasteiger partial charge in [-0.25, -0.2) is 15.0 Å². The van der Waals surface area contributed by atoms with Crippen molar-refractivity contribution >= 4 is 28.4 Å². The minimum atomic E-state index is 0.533. The highest BCUT2D eigenvalue weighted by Gasteiger charge is 2.09. The normalized spacial score (nSPS) is 10.8. The third kappa shape index (κ3) is 2.57. The van der Waals surface area contributed by atoms with E-state index in [0.717, 1.165) is 33.7 Å². The Morgan fingerprint density at radius 2 is 1.83 bits per heavy atom. The zero-order chi connectivity index (χ0) is 15.6. The second kappa shape index (κ2) is 5.42. The minimum Gasteiger partial charge on any atom is -0.399 e. The van der Waals surface area contributed by atoms with Gasteiger partial charge in [-0.3, -0.25) is 0 Å². The van der Waals surface area contributed by atoms with Gasteiger partial charge in [-0.15, -0.1) is 0 Å². The van der Waals surface area contributed by atoms with Crippen LogP contribution < -0.4 is 11.1 Å². The molecule has 3 aromatic heterocycles. The number of aromatic nitrogens is 4. The third-order valence-electron chi connectivity index (χ3n) is 3.55. The van der Waals surface area contributed by atoms with Crippen LogP contribution in [0.3, 0.4) is 0 Å². The molecule has 0 radical (unpaired) electrons. The average Bonchev–Trinajstić information content (AvgIpc) is 3.01. The lowest BCUT2D eigenvalue weighted by molar-refractivity contribution is 1.17.